The van der Waals surface area contributed by atoms with Crippen LogP contribution in [0.5, 0.6) is 0 Å². The number of unbranched alkanes of at least 4 members (excludes halogenated alkanes) is 1. The molecule has 0 radical (unpaired) electrons. The van der Waals surface area contributed by atoms with Crippen LogP contribution >= 0.6 is 0 Å². The first-order chi connectivity index (χ1) is 28.8. The van der Waals surface area contributed by atoms with Crippen LogP contribution in [-0.4, -0.2) is 69.3 Å². The van der Waals surface area contributed by atoms with Gasteiger partial charge in [-0.25, -0.2) is 4.79 Å². The number of ether oxygens (including phenoxy) is 2. The number of aryl methyl sites for hydroxylation is 1. The second kappa shape index (κ2) is 18.7. The highest BCUT2D eigenvalue weighted by molar-refractivity contribution is 5.92. The Morgan fingerprint density at radius 3 is 2.45 bits per heavy atom. The summed E-state index contributed by atoms with van der Waals surface area (Å²) in [7, 11) is 0. The van der Waals surface area contributed by atoms with E-state index in [1.165, 1.54) is 11.1 Å². The van der Waals surface area contributed by atoms with Crippen LogP contribution in [0.1, 0.15) is 113 Å². The van der Waals surface area contributed by atoms with Gasteiger partial charge in [-0.05, 0) is 118 Å². The number of hydrogen-bond donors (Lipinski definition) is 3. The van der Waals surface area contributed by atoms with Gasteiger partial charge in [0.25, 0.3) is 0 Å². The number of carbonyl (C=O) groups is 4. The number of ketones is 2. The Morgan fingerprint density at radius 2 is 1.68 bits per heavy atom. The summed E-state index contributed by atoms with van der Waals surface area (Å²) in [6.07, 6.45) is 17.9. The smallest absolute Gasteiger partial charge is 0.338 e. The maximum absolute atomic E-state index is 13.6. The number of esters is 2. The zero-order chi connectivity index (χ0) is 42.5. The van der Waals surface area contributed by atoms with Crippen LogP contribution in [0.25, 0.3) is 0 Å². The zero-order valence-corrected chi connectivity index (χ0v) is 35.2. The van der Waals surface area contributed by atoms with Crippen LogP contribution in [0.3, 0.4) is 0 Å². The van der Waals surface area contributed by atoms with Crippen molar-refractivity contribution in [2.45, 2.75) is 128 Å². The molecule has 0 aliphatic heterocycles. The average Bonchev–Trinajstić information content (AvgIpc) is 3.69. The fraction of sp³-hybridized carbons (Fsp3) is 0.529. The Bertz CT molecular complexity index is 2000. The summed E-state index contributed by atoms with van der Waals surface area (Å²) in [5.41, 5.74) is 1.87. The summed E-state index contributed by atoms with van der Waals surface area (Å²) in [5, 5.41) is 33.8. The Kier molecular flexibility index (Phi) is 13.6. The Morgan fingerprint density at radius 1 is 0.933 bits per heavy atom. The highest BCUT2D eigenvalue weighted by Gasteiger charge is 2.64. The van der Waals surface area contributed by atoms with Crippen molar-refractivity contribution in [1.29, 1.82) is 0 Å². The SMILES string of the molecule is CC12CCC(=O)C=C1CC[C@@H]1C2=CCC2(C)[C@H]1CC[C@]2(O)C(=O)COC(=O)CCC/C=C\C[C@@H]1[C@@H](/C=C/[C@H](CCc2ccccc2)OC(=O)c2ccccc2)[C@H](O)C[C@@H]1O. The van der Waals surface area contributed by atoms with Crippen LogP contribution in [-0.2, 0) is 30.3 Å². The van der Waals surface area contributed by atoms with Gasteiger partial charge in [-0.1, -0.05) is 97.8 Å². The summed E-state index contributed by atoms with van der Waals surface area (Å²) in [5.74, 6) is -1.26. The van der Waals surface area contributed by atoms with Crippen LogP contribution in [0.2, 0.25) is 0 Å². The number of carbonyl (C=O) groups excluding carboxylic acids is 4. The number of rotatable bonds is 16. The van der Waals surface area contributed by atoms with Crippen molar-refractivity contribution < 1.29 is 44.0 Å². The summed E-state index contributed by atoms with van der Waals surface area (Å²) in [6, 6.07) is 18.8. The normalized spacial score (nSPS) is 32.8. The lowest BCUT2D eigenvalue weighted by molar-refractivity contribution is -0.163. The maximum Gasteiger partial charge on any atom is 0.338 e. The molecule has 3 saturated carbocycles. The van der Waals surface area contributed by atoms with E-state index in [2.05, 4.69) is 13.0 Å². The number of allylic oxidation sites excluding steroid dienone is 6. The average molecular weight is 819 g/mol. The minimum atomic E-state index is -1.57. The molecule has 2 unspecified atom stereocenters. The first-order valence-corrected chi connectivity index (χ1v) is 22.2. The van der Waals surface area contributed by atoms with Crippen LogP contribution in [0, 0.1) is 34.5 Å². The fourth-order valence-electron chi connectivity index (χ4n) is 11.3. The molecular weight excluding hydrogens is 757 g/mol. The number of aliphatic hydroxyl groups is 3. The lowest BCUT2D eigenvalue weighted by atomic mass is 9.50. The van der Waals surface area contributed by atoms with Crippen molar-refractivity contribution in [3.8, 4) is 0 Å². The molecule has 60 heavy (non-hydrogen) atoms. The molecule has 5 aliphatic carbocycles. The predicted molar refractivity (Wildman–Crippen MR) is 228 cm³/mol. The molecular formula is C51H62O9. The molecule has 320 valence electrons. The van der Waals surface area contributed by atoms with Crippen molar-refractivity contribution in [1.82, 2.24) is 0 Å². The number of aliphatic hydroxyl groups excluding tert-OH is 2. The van der Waals surface area contributed by atoms with E-state index in [-0.39, 0.29) is 47.7 Å². The van der Waals surface area contributed by atoms with Crippen LogP contribution < -0.4 is 0 Å². The second-order valence-corrected chi connectivity index (χ2v) is 18.4. The number of benzene rings is 2. The molecule has 2 aromatic carbocycles. The standard InChI is InChI=1S/C51H62O9/c1-49-28-25-37(52)31-36(49)20-23-41-42(49)26-29-50(2)43(41)27-30-51(50,58)46(55)33-59-47(56)18-12-4-3-11-17-39-40(45(54)32-44(39)53)24-22-38(21-19-34-13-7-5-8-14-34)60-48(57)35-15-9-6-10-16-35/h3,5-11,13-16,22,24,26,31,38-41,43-45,53-54,58H,4,12,17-21,23,25,27-30,32-33H2,1-2H3/b11-3-,24-22+/t38-,39+,40+,41+,43-,44-,45+,49?,50?,51-/m0/s1. The van der Waals surface area contributed by atoms with Gasteiger partial charge in [0.1, 0.15) is 11.7 Å². The lowest BCUT2D eigenvalue weighted by Gasteiger charge is -2.54. The van der Waals surface area contributed by atoms with Crippen molar-refractivity contribution in [3.63, 3.8) is 0 Å². The number of fused-ring (bicyclic) bond motifs is 5. The van der Waals surface area contributed by atoms with Crippen molar-refractivity contribution in [3.05, 3.63) is 119 Å². The topological polar surface area (TPSA) is 147 Å². The van der Waals surface area contributed by atoms with Gasteiger partial charge in [0.05, 0.1) is 17.8 Å². The molecule has 0 heterocycles. The maximum atomic E-state index is 13.6. The van der Waals surface area contributed by atoms with Gasteiger partial charge in [0, 0.05) is 36.0 Å². The van der Waals surface area contributed by atoms with Gasteiger partial charge in [0.15, 0.2) is 12.4 Å². The minimum absolute atomic E-state index is 0.122. The monoisotopic (exact) mass is 818 g/mol. The molecule has 0 saturated heterocycles. The van der Waals surface area contributed by atoms with Crippen LogP contribution in [0.15, 0.2) is 108 Å². The largest absolute Gasteiger partial charge is 0.458 e. The second-order valence-electron chi connectivity index (χ2n) is 18.4. The highest BCUT2D eigenvalue weighted by atomic mass is 16.5. The third-order valence-electron chi connectivity index (χ3n) is 14.9. The first kappa shape index (κ1) is 43.6. The predicted octanol–water partition coefficient (Wildman–Crippen LogP) is 8.17. The lowest BCUT2D eigenvalue weighted by Crippen LogP contribution is -2.55. The first-order valence-electron chi connectivity index (χ1n) is 22.2. The molecule has 2 aromatic rings. The van der Waals surface area contributed by atoms with Gasteiger partial charge in [-0.2, -0.15) is 0 Å². The van der Waals surface area contributed by atoms with E-state index >= 15 is 0 Å². The van der Waals surface area contributed by atoms with Crippen molar-refractivity contribution in [2.24, 2.45) is 34.5 Å². The zero-order valence-electron chi connectivity index (χ0n) is 35.2. The van der Waals surface area contributed by atoms with E-state index in [1.54, 1.807) is 24.3 Å². The van der Waals surface area contributed by atoms with Gasteiger partial charge < -0.3 is 24.8 Å². The van der Waals surface area contributed by atoms with Gasteiger partial charge in [0.2, 0.25) is 5.78 Å². The minimum Gasteiger partial charge on any atom is -0.458 e. The molecule has 0 aromatic heterocycles. The third-order valence-corrected chi connectivity index (χ3v) is 14.9. The van der Waals surface area contributed by atoms with E-state index in [0.29, 0.717) is 56.9 Å². The van der Waals surface area contributed by atoms with E-state index < -0.39 is 53.7 Å². The molecule has 9 nitrogen and oxygen atoms in total. The van der Waals surface area contributed by atoms with E-state index in [9.17, 15) is 34.5 Å². The summed E-state index contributed by atoms with van der Waals surface area (Å²) in [4.78, 5) is 51.6. The highest BCUT2D eigenvalue weighted by Crippen LogP contribution is 2.65. The number of Topliss-reactive ketones (excluding diaryl/α,β-unsaturated/α-hetero) is 1. The Hall–Kier alpha value is -4.44. The molecule has 9 heteroatoms. The molecule has 0 spiro atoms. The Labute approximate surface area is 354 Å². The molecule has 7 rings (SSSR count). The van der Waals surface area contributed by atoms with E-state index in [0.717, 1.165) is 31.2 Å². The molecule has 10 atom stereocenters. The quantitative estimate of drug-likeness (QED) is 0.0867. The summed E-state index contributed by atoms with van der Waals surface area (Å²) in [6.45, 7) is 3.84. The van der Waals surface area contributed by atoms with Crippen molar-refractivity contribution in [2.75, 3.05) is 6.61 Å². The van der Waals surface area contributed by atoms with Crippen molar-refractivity contribution >= 4 is 23.5 Å². The molecule has 5 aliphatic rings. The molecule has 0 amide bonds. The summed E-state index contributed by atoms with van der Waals surface area (Å²) < 4.78 is 11.4. The molecule has 3 fully saturated rings. The summed E-state index contributed by atoms with van der Waals surface area (Å²) >= 11 is 0. The Balaban J connectivity index is 0.875. The third kappa shape index (κ3) is 9.09. The molecule has 0 bridgehead atoms. The number of hydrogen-bond acceptors (Lipinski definition) is 9. The van der Waals surface area contributed by atoms with E-state index in [4.69, 9.17) is 9.47 Å². The van der Waals surface area contributed by atoms with E-state index in [1.807, 2.05) is 73.7 Å². The van der Waals surface area contributed by atoms with Gasteiger partial charge >= 0.3 is 11.9 Å². The van der Waals surface area contributed by atoms with Crippen LogP contribution in [0.4, 0.5) is 0 Å². The van der Waals surface area contributed by atoms with Gasteiger partial charge in [-0.15, -0.1) is 0 Å². The molecule has 3 N–H and O–H groups in total. The van der Waals surface area contributed by atoms with Gasteiger partial charge in [-0.3, -0.25) is 14.4 Å². The fourth-order valence-corrected chi connectivity index (χ4v) is 11.3.